The van der Waals surface area contributed by atoms with Gasteiger partial charge in [-0.1, -0.05) is 30.3 Å². The number of aromatic nitrogens is 2. The van der Waals surface area contributed by atoms with Gasteiger partial charge in [-0.05, 0) is 31.0 Å². The predicted molar refractivity (Wildman–Crippen MR) is 72.3 cm³/mol. The lowest BCUT2D eigenvalue weighted by Gasteiger charge is -2.27. The number of hydrogen-bond acceptors (Lipinski definition) is 2. The Bertz CT molecular complexity index is 489. The Morgan fingerprint density at radius 3 is 2.83 bits per heavy atom. The van der Waals surface area contributed by atoms with Crippen LogP contribution in [0.5, 0.6) is 0 Å². The van der Waals surface area contributed by atoms with Crippen molar-refractivity contribution in [3.63, 3.8) is 0 Å². The number of nitrogens with zero attached hydrogens (tertiary/aromatic N) is 3. The average Bonchev–Trinajstić information content (AvgIpc) is 2.87. The SMILES string of the molecule is c1ccc(CCCN2CCn3nccc3C2)cc1. The minimum atomic E-state index is 1.04. The van der Waals surface area contributed by atoms with Gasteiger partial charge in [0.2, 0.25) is 0 Å². The summed E-state index contributed by atoms with van der Waals surface area (Å²) in [4.78, 5) is 2.53. The molecule has 3 heteroatoms. The van der Waals surface area contributed by atoms with Crippen molar-refractivity contribution < 1.29 is 0 Å². The van der Waals surface area contributed by atoms with Crippen LogP contribution < -0.4 is 0 Å². The fourth-order valence-electron chi connectivity index (χ4n) is 2.58. The summed E-state index contributed by atoms with van der Waals surface area (Å²) in [5, 5.41) is 4.31. The second kappa shape index (κ2) is 5.36. The molecule has 0 bridgehead atoms. The molecule has 2 aromatic rings. The number of aryl methyl sites for hydroxylation is 1. The Labute approximate surface area is 108 Å². The molecule has 2 heterocycles. The van der Waals surface area contributed by atoms with Crippen molar-refractivity contribution in [2.24, 2.45) is 0 Å². The summed E-state index contributed by atoms with van der Waals surface area (Å²) >= 11 is 0. The van der Waals surface area contributed by atoms with E-state index in [0.29, 0.717) is 0 Å². The van der Waals surface area contributed by atoms with Gasteiger partial charge in [-0.25, -0.2) is 0 Å². The molecule has 18 heavy (non-hydrogen) atoms. The van der Waals surface area contributed by atoms with Gasteiger partial charge in [0, 0.05) is 19.3 Å². The summed E-state index contributed by atoms with van der Waals surface area (Å²) < 4.78 is 2.12. The van der Waals surface area contributed by atoms with Gasteiger partial charge in [0.1, 0.15) is 0 Å². The first-order valence-electron chi connectivity index (χ1n) is 6.69. The maximum atomic E-state index is 4.31. The molecular formula is C15H19N3. The van der Waals surface area contributed by atoms with E-state index in [0.717, 1.165) is 19.6 Å². The lowest BCUT2D eigenvalue weighted by molar-refractivity contribution is 0.211. The van der Waals surface area contributed by atoms with Crippen molar-refractivity contribution in [1.82, 2.24) is 14.7 Å². The zero-order valence-electron chi connectivity index (χ0n) is 10.6. The first-order chi connectivity index (χ1) is 8.92. The van der Waals surface area contributed by atoms with Crippen LogP contribution in [0.2, 0.25) is 0 Å². The Hall–Kier alpha value is -1.61. The molecule has 3 rings (SSSR count). The summed E-state index contributed by atoms with van der Waals surface area (Å²) in [5.74, 6) is 0. The highest BCUT2D eigenvalue weighted by molar-refractivity contribution is 5.14. The van der Waals surface area contributed by atoms with Crippen LogP contribution in [0.25, 0.3) is 0 Å². The minimum Gasteiger partial charge on any atom is -0.296 e. The van der Waals surface area contributed by atoms with E-state index in [2.05, 4.69) is 51.1 Å². The van der Waals surface area contributed by atoms with Gasteiger partial charge in [-0.3, -0.25) is 9.58 Å². The van der Waals surface area contributed by atoms with Crippen LogP contribution >= 0.6 is 0 Å². The molecule has 0 spiro atoms. The van der Waals surface area contributed by atoms with E-state index >= 15 is 0 Å². The zero-order valence-corrected chi connectivity index (χ0v) is 10.6. The highest BCUT2D eigenvalue weighted by Crippen LogP contribution is 2.12. The van der Waals surface area contributed by atoms with Gasteiger partial charge in [0.15, 0.2) is 0 Å². The van der Waals surface area contributed by atoms with Gasteiger partial charge in [-0.2, -0.15) is 5.10 Å². The summed E-state index contributed by atoms with van der Waals surface area (Å²) in [6.45, 7) is 4.39. The van der Waals surface area contributed by atoms with Crippen molar-refractivity contribution in [1.29, 1.82) is 0 Å². The largest absolute Gasteiger partial charge is 0.296 e. The molecule has 1 aromatic carbocycles. The third-order valence-corrected chi connectivity index (χ3v) is 3.60. The normalized spacial score (nSPS) is 15.6. The molecule has 0 saturated carbocycles. The van der Waals surface area contributed by atoms with Crippen molar-refractivity contribution >= 4 is 0 Å². The highest BCUT2D eigenvalue weighted by Gasteiger charge is 2.15. The molecular weight excluding hydrogens is 222 g/mol. The molecule has 0 saturated heterocycles. The van der Waals surface area contributed by atoms with Gasteiger partial charge in [0.25, 0.3) is 0 Å². The summed E-state index contributed by atoms with van der Waals surface area (Å²) in [6.07, 6.45) is 4.32. The number of hydrogen-bond donors (Lipinski definition) is 0. The van der Waals surface area contributed by atoms with Crippen molar-refractivity contribution in [3.05, 3.63) is 53.9 Å². The Morgan fingerprint density at radius 2 is 1.94 bits per heavy atom. The van der Waals surface area contributed by atoms with E-state index < -0.39 is 0 Å². The van der Waals surface area contributed by atoms with E-state index in [1.165, 1.54) is 30.6 Å². The van der Waals surface area contributed by atoms with Crippen LogP contribution in [0.4, 0.5) is 0 Å². The first kappa shape index (κ1) is 11.5. The topological polar surface area (TPSA) is 21.1 Å². The van der Waals surface area contributed by atoms with Gasteiger partial charge in [-0.15, -0.1) is 0 Å². The molecule has 0 aliphatic carbocycles. The van der Waals surface area contributed by atoms with Gasteiger partial charge in [0.05, 0.1) is 12.2 Å². The number of rotatable bonds is 4. The Balaban J connectivity index is 1.48. The van der Waals surface area contributed by atoms with Crippen LogP contribution in [0, 0.1) is 0 Å². The van der Waals surface area contributed by atoms with E-state index in [9.17, 15) is 0 Å². The van der Waals surface area contributed by atoms with Gasteiger partial charge >= 0.3 is 0 Å². The predicted octanol–water partition coefficient (Wildman–Crippen LogP) is 2.33. The van der Waals surface area contributed by atoms with Crippen LogP contribution in [0.1, 0.15) is 17.7 Å². The molecule has 3 nitrogen and oxygen atoms in total. The number of benzene rings is 1. The lowest BCUT2D eigenvalue weighted by atomic mass is 10.1. The third kappa shape index (κ3) is 2.62. The molecule has 1 aromatic heterocycles. The fraction of sp³-hybridized carbons (Fsp3) is 0.400. The van der Waals surface area contributed by atoms with Crippen molar-refractivity contribution in [3.8, 4) is 0 Å². The molecule has 0 atom stereocenters. The smallest absolute Gasteiger partial charge is 0.0540 e. The average molecular weight is 241 g/mol. The van der Waals surface area contributed by atoms with E-state index in [1.54, 1.807) is 0 Å². The molecule has 0 amide bonds. The molecule has 94 valence electrons. The maximum absolute atomic E-state index is 4.31. The second-order valence-electron chi connectivity index (χ2n) is 4.91. The minimum absolute atomic E-state index is 1.04. The standard InChI is InChI=1S/C15H19N3/c1-2-5-14(6-3-1)7-4-10-17-11-12-18-15(13-17)8-9-16-18/h1-3,5-6,8-9H,4,7,10-13H2. The quantitative estimate of drug-likeness (QED) is 0.819. The summed E-state index contributed by atoms with van der Waals surface area (Å²) in [7, 11) is 0. The monoisotopic (exact) mass is 241 g/mol. The van der Waals surface area contributed by atoms with E-state index in [-0.39, 0.29) is 0 Å². The fourth-order valence-corrected chi connectivity index (χ4v) is 2.58. The van der Waals surface area contributed by atoms with Crippen molar-refractivity contribution in [2.75, 3.05) is 13.1 Å². The second-order valence-corrected chi connectivity index (χ2v) is 4.91. The van der Waals surface area contributed by atoms with Crippen LogP contribution in [0.15, 0.2) is 42.6 Å². The summed E-state index contributed by atoms with van der Waals surface area (Å²) in [6, 6.07) is 12.9. The third-order valence-electron chi connectivity index (χ3n) is 3.60. The van der Waals surface area contributed by atoms with Crippen molar-refractivity contribution in [2.45, 2.75) is 25.9 Å². The molecule has 1 aliphatic heterocycles. The van der Waals surface area contributed by atoms with Gasteiger partial charge < -0.3 is 0 Å². The highest BCUT2D eigenvalue weighted by atomic mass is 15.3. The summed E-state index contributed by atoms with van der Waals surface area (Å²) in [5.41, 5.74) is 2.79. The molecule has 1 aliphatic rings. The number of fused-ring (bicyclic) bond motifs is 1. The van der Waals surface area contributed by atoms with E-state index in [1.807, 2.05) is 6.20 Å². The Kier molecular flexibility index (Phi) is 3.42. The zero-order chi connectivity index (χ0) is 12.2. The van der Waals surface area contributed by atoms with Crippen LogP contribution in [0.3, 0.4) is 0 Å². The van der Waals surface area contributed by atoms with Crippen LogP contribution in [-0.2, 0) is 19.5 Å². The molecule has 0 unspecified atom stereocenters. The first-order valence-corrected chi connectivity index (χ1v) is 6.69. The lowest BCUT2D eigenvalue weighted by Crippen LogP contribution is -2.34. The Morgan fingerprint density at radius 1 is 1.06 bits per heavy atom. The van der Waals surface area contributed by atoms with E-state index in [4.69, 9.17) is 0 Å². The maximum Gasteiger partial charge on any atom is 0.0540 e. The molecule has 0 fully saturated rings. The van der Waals surface area contributed by atoms with Crippen LogP contribution in [-0.4, -0.2) is 27.8 Å². The molecule has 0 radical (unpaired) electrons. The molecule has 0 N–H and O–H groups in total.